The Bertz CT molecular complexity index is 1080. The normalized spacial score (nSPS) is 15.4. The maximum Gasteiger partial charge on any atom is 0.326 e. The Kier molecular flexibility index (Phi) is 6.32. The first kappa shape index (κ1) is 21.1. The Labute approximate surface area is 185 Å². The molecule has 3 aromatic rings. The summed E-state index contributed by atoms with van der Waals surface area (Å²) in [5.41, 5.74) is 3.37. The van der Waals surface area contributed by atoms with E-state index in [-0.39, 0.29) is 19.1 Å². The van der Waals surface area contributed by atoms with Crippen LogP contribution in [0.5, 0.6) is 5.75 Å². The smallest absolute Gasteiger partial charge is 0.326 e. The molecule has 2 heterocycles. The van der Waals surface area contributed by atoms with E-state index in [1.54, 1.807) is 11.3 Å². The van der Waals surface area contributed by atoms with E-state index < -0.39 is 12.1 Å². The highest BCUT2D eigenvalue weighted by Gasteiger charge is 2.35. The van der Waals surface area contributed by atoms with Crippen LogP contribution in [0.25, 0.3) is 11.3 Å². The van der Waals surface area contributed by atoms with Gasteiger partial charge < -0.3 is 9.47 Å². The molecule has 1 amide bonds. The Morgan fingerprint density at radius 1 is 1.23 bits per heavy atom. The Hall–Kier alpha value is -3.19. The summed E-state index contributed by atoms with van der Waals surface area (Å²) in [6.45, 7) is 3.95. The predicted octanol–water partition coefficient (Wildman–Crippen LogP) is 4.41. The minimum absolute atomic E-state index is 0.153. The fourth-order valence-electron chi connectivity index (χ4n) is 3.50. The van der Waals surface area contributed by atoms with Crippen LogP contribution in [0, 0.1) is 6.92 Å². The molecule has 7 heteroatoms. The molecule has 0 aliphatic carbocycles. The molecule has 4 rings (SSSR count). The van der Waals surface area contributed by atoms with Crippen molar-refractivity contribution in [3.05, 3.63) is 64.5 Å². The topological polar surface area (TPSA) is 68.7 Å². The number of rotatable bonds is 7. The van der Waals surface area contributed by atoms with Crippen molar-refractivity contribution >= 4 is 28.9 Å². The third kappa shape index (κ3) is 4.77. The van der Waals surface area contributed by atoms with Crippen LogP contribution < -0.4 is 9.64 Å². The third-order valence-electron chi connectivity index (χ3n) is 5.13. The maximum absolute atomic E-state index is 13.0. The molecule has 1 unspecified atom stereocenters. The summed E-state index contributed by atoms with van der Waals surface area (Å²) in [5.74, 6) is -0.0947. The summed E-state index contributed by atoms with van der Waals surface area (Å²) < 4.78 is 11.3. The number of anilines is 1. The molecule has 0 bridgehead atoms. The van der Waals surface area contributed by atoms with Crippen molar-refractivity contribution in [1.82, 2.24) is 4.98 Å². The third-order valence-corrected chi connectivity index (χ3v) is 5.90. The van der Waals surface area contributed by atoms with Crippen molar-refractivity contribution in [2.75, 3.05) is 18.1 Å². The van der Waals surface area contributed by atoms with E-state index >= 15 is 0 Å². The number of amides is 1. The lowest BCUT2D eigenvalue weighted by Gasteiger charge is -2.33. The number of esters is 1. The molecule has 160 valence electrons. The minimum atomic E-state index is -0.614. The van der Waals surface area contributed by atoms with Crippen molar-refractivity contribution in [1.29, 1.82) is 0 Å². The summed E-state index contributed by atoms with van der Waals surface area (Å²) in [6.07, 6.45) is 0.535. The lowest BCUT2D eigenvalue weighted by molar-refractivity contribution is -0.143. The minimum Gasteiger partial charge on any atom is -0.478 e. The molecule has 1 aromatic heterocycles. The average molecular weight is 437 g/mol. The van der Waals surface area contributed by atoms with Gasteiger partial charge in [-0.3, -0.25) is 14.5 Å². The van der Waals surface area contributed by atoms with Gasteiger partial charge in [0.25, 0.3) is 5.91 Å². The maximum atomic E-state index is 13.0. The first-order valence-electron chi connectivity index (χ1n) is 10.3. The van der Waals surface area contributed by atoms with Gasteiger partial charge in [-0.25, -0.2) is 4.98 Å². The Balaban J connectivity index is 1.51. The summed E-state index contributed by atoms with van der Waals surface area (Å²) in [5, 5.41) is 2.93. The quantitative estimate of drug-likeness (QED) is 0.513. The standard InChI is InChI=1S/C24H24N2O4S/c1-3-21-24(28)26(14-23(27)29-12-11-17-7-5-4-6-8-17)20-13-18(9-10-22(20)30-21)19-15-31-16(2)25-19/h4-10,13,15,21H,3,11-12,14H2,1-2H3. The van der Waals surface area contributed by atoms with Crippen LogP contribution in [0.3, 0.4) is 0 Å². The van der Waals surface area contributed by atoms with E-state index in [4.69, 9.17) is 9.47 Å². The summed E-state index contributed by atoms with van der Waals surface area (Å²) in [6, 6.07) is 15.4. The Morgan fingerprint density at radius 2 is 2.03 bits per heavy atom. The van der Waals surface area contributed by atoms with Crippen LogP contribution in [0.4, 0.5) is 5.69 Å². The number of hydrogen-bond acceptors (Lipinski definition) is 6. The molecule has 1 aliphatic rings. The zero-order valence-corrected chi connectivity index (χ0v) is 18.4. The van der Waals surface area contributed by atoms with Gasteiger partial charge in [0.05, 0.1) is 23.0 Å². The zero-order valence-electron chi connectivity index (χ0n) is 17.5. The fraction of sp³-hybridized carbons (Fsp3) is 0.292. The van der Waals surface area contributed by atoms with Gasteiger partial charge in [-0.05, 0) is 37.1 Å². The van der Waals surface area contributed by atoms with Crippen LogP contribution in [-0.4, -0.2) is 36.1 Å². The first-order chi connectivity index (χ1) is 15.0. The molecule has 0 N–H and O–H groups in total. The van der Waals surface area contributed by atoms with Gasteiger partial charge in [0.15, 0.2) is 6.10 Å². The van der Waals surface area contributed by atoms with E-state index in [1.165, 1.54) is 4.90 Å². The number of thiazole rings is 1. The first-order valence-corrected chi connectivity index (χ1v) is 11.2. The predicted molar refractivity (Wildman–Crippen MR) is 120 cm³/mol. The summed E-state index contributed by atoms with van der Waals surface area (Å²) >= 11 is 1.56. The molecule has 1 aliphatic heterocycles. The zero-order chi connectivity index (χ0) is 21.8. The molecule has 1 atom stereocenters. The summed E-state index contributed by atoms with van der Waals surface area (Å²) in [7, 11) is 0. The number of hydrogen-bond donors (Lipinski definition) is 0. The molecule has 6 nitrogen and oxygen atoms in total. The van der Waals surface area contributed by atoms with Gasteiger partial charge in [0.2, 0.25) is 0 Å². The number of benzene rings is 2. The number of nitrogens with zero attached hydrogens (tertiary/aromatic N) is 2. The number of aromatic nitrogens is 1. The SMILES string of the molecule is CCC1Oc2ccc(-c3csc(C)n3)cc2N(CC(=O)OCCc2ccccc2)C1=O. The van der Waals surface area contributed by atoms with Crippen LogP contribution in [0.1, 0.15) is 23.9 Å². The average Bonchev–Trinajstić information content (AvgIpc) is 3.22. The van der Waals surface area contributed by atoms with E-state index in [0.717, 1.165) is 21.8 Å². The van der Waals surface area contributed by atoms with Gasteiger partial charge in [0, 0.05) is 17.4 Å². The lowest BCUT2D eigenvalue weighted by atomic mass is 10.1. The molecule has 0 spiro atoms. The van der Waals surface area contributed by atoms with Crippen LogP contribution in [-0.2, 0) is 20.7 Å². The number of ether oxygens (including phenoxy) is 2. The van der Waals surface area contributed by atoms with Gasteiger partial charge in [0.1, 0.15) is 12.3 Å². The largest absolute Gasteiger partial charge is 0.478 e. The molecule has 31 heavy (non-hydrogen) atoms. The van der Waals surface area contributed by atoms with E-state index in [0.29, 0.717) is 24.3 Å². The molecule has 2 aromatic carbocycles. The lowest BCUT2D eigenvalue weighted by Crippen LogP contribution is -2.48. The van der Waals surface area contributed by atoms with Crippen molar-refractivity contribution in [2.45, 2.75) is 32.8 Å². The number of carbonyl (C=O) groups is 2. The molecule has 0 saturated heterocycles. The highest BCUT2D eigenvalue weighted by Crippen LogP contribution is 2.38. The van der Waals surface area contributed by atoms with Crippen molar-refractivity contribution < 1.29 is 19.1 Å². The molecule has 0 saturated carbocycles. The molecular formula is C24H24N2O4S. The highest BCUT2D eigenvalue weighted by molar-refractivity contribution is 7.09. The second kappa shape index (κ2) is 9.31. The van der Waals surface area contributed by atoms with Crippen LogP contribution in [0.2, 0.25) is 0 Å². The van der Waals surface area contributed by atoms with Gasteiger partial charge in [-0.15, -0.1) is 11.3 Å². The van der Waals surface area contributed by atoms with Gasteiger partial charge in [-0.1, -0.05) is 37.3 Å². The molecule has 0 radical (unpaired) electrons. The van der Waals surface area contributed by atoms with E-state index in [2.05, 4.69) is 4.98 Å². The second-order valence-corrected chi connectivity index (χ2v) is 8.39. The monoisotopic (exact) mass is 436 g/mol. The molecular weight excluding hydrogens is 412 g/mol. The number of aryl methyl sites for hydroxylation is 1. The van der Waals surface area contributed by atoms with E-state index in [1.807, 2.05) is 67.8 Å². The van der Waals surface area contributed by atoms with Gasteiger partial charge in [-0.2, -0.15) is 0 Å². The Morgan fingerprint density at radius 3 is 2.74 bits per heavy atom. The van der Waals surface area contributed by atoms with Crippen molar-refractivity contribution in [2.24, 2.45) is 0 Å². The van der Waals surface area contributed by atoms with Crippen molar-refractivity contribution in [3.63, 3.8) is 0 Å². The van der Waals surface area contributed by atoms with Crippen LogP contribution in [0.15, 0.2) is 53.9 Å². The van der Waals surface area contributed by atoms with Gasteiger partial charge >= 0.3 is 5.97 Å². The van der Waals surface area contributed by atoms with E-state index in [9.17, 15) is 9.59 Å². The second-order valence-electron chi connectivity index (χ2n) is 7.33. The number of fused-ring (bicyclic) bond motifs is 1. The molecule has 0 fully saturated rings. The van der Waals surface area contributed by atoms with Crippen molar-refractivity contribution in [3.8, 4) is 17.0 Å². The van der Waals surface area contributed by atoms with Crippen LogP contribution >= 0.6 is 11.3 Å². The number of carbonyl (C=O) groups excluding carboxylic acids is 2. The highest BCUT2D eigenvalue weighted by atomic mass is 32.1. The fourth-order valence-corrected chi connectivity index (χ4v) is 4.12. The summed E-state index contributed by atoms with van der Waals surface area (Å²) in [4.78, 5) is 31.5.